The lowest BCUT2D eigenvalue weighted by Crippen LogP contribution is -2.44. The molecule has 0 aliphatic carbocycles. The van der Waals surface area contributed by atoms with Crippen LogP contribution in [0.1, 0.15) is 44.7 Å². The smallest absolute Gasteiger partial charge is 0.410 e. The molecule has 0 unspecified atom stereocenters. The lowest BCUT2D eigenvalue weighted by molar-refractivity contribution is -0.126. The van der Waals surface area contributed by atoms with Crippen molar-refractivity contribution in [2.24, 2.45) is 5.92 Å². The Labute approximate surface area is 172 Å². The number of piperidine rings is 1. The van der Waals surface area contributed by atoms with Crippen molar-refractivity contribution in [2.75, 3.05) is 13.1 Å². The molecule has 156 valence electrons. The predicted octanol–water partition coefficient (Wildman–Crippen LogP) is 3.19. The van der Waals surface area contributed by atoms with Crippen LogP contribution in [0.15, 0.2) is 42.7 Å². The number of rotatable bonds is 5. The zero-order valence-electron chi connectivity index (χ0n) is 17.4. The van der Waals surface area contributed by atoms with Gasteiger partial charge in [-0.05, 0) is 50.8 Å². The lowest BCUT2D eigenvalue weighted by Gasteiger charge is -2.33. The lowest BCUT2D eigenvalue weighted by atomic mass is 9.96. The van der Waals surface area contributed by atoms with Gasteiger partial charge in [-0.1, -0.05) is 24.3 Å². The summed E-state index contributed by atoms with van der Waals surface area (Å²) in [6.07, 6.45) is 4.69. The van der Waals surface area contributed by atoms with Gasteiger partial charge in [-0.25, -0.2) is 4.79 Å². The first kappa shape index (κ1) is 20.9. The molecule has 1 saturated heterocycles. The minimum atomic E-state index is -0.505. The summed E-state index contributed by atoms with van der Waals surface area (Å²) in [5.41, 5.74) is 1.72. The molecule has 0 saturated carbocycles. The predicted molar refractivity (Wildman–Crippen MR) is 110 cm³/mol. The average Bonchev–Trinajstić information content (AvgIpc) is 3.19. The molecular formula is C22H30N4O3. The van der Waals surface area contributed by atoms with Crippen LogP contribution in [0.4, 0.5) is 4.79 Å². The van der Waals surface area contributed by atoms with Crippen LogP contribution in [0.5, 0.6) is 0 Å². The second-order valence-electron chi connectivity index (χ2n) is 8.43. The van der Waals surface area contributed by atoms with Crippen LogP contribution in [-0.2, 0) is 22.6 Å². The number of benzene rings is 1. The van der Waals surface area contributed by atoms with Crippen LogP contribution >= 0.6 is 0 Å². The summed E-state index contributed by atoms with van der Waals surface area (Å²) >= 11 is 0. The van der Waals surface area contributed by atoms with Crippen molar-refractivity contribution in [2.45, 2.75) is 52.3 Å². The molecule has 1 aromatic carbocycles. The third kappa shape index (κ3) is 6.07. The number of nitrogens with zero attached hydrogens (tertiary/aromatic N) is 3. The van der Waals surface area contributed by atoms with E-state index >= 15 is 0 Å². The number of nitrogens with one attached hydrogen (secondary N) is 1. The van der Waals surface area contributed by atoms with Crippen molar-refractivity contribution in [1.29, 1.82) is 0 Å². The van der Waals surface area contributed by atoms with Crippen molar-refractivity contribution >= 4 is 12.0 Å². The third-order valence-electron chi connectivity index (χ3n) is 4.98. The van der Waals surface area contributed by atoms with Crippen LogP contribution in [0.2, 0.25) is 0 Å². The van der Waals surface area contributed by atoms with Gasteiger partial charge >= 0.3 is 6.09 Å². The maximum Gasteiger partial charge on any atom is 0.410 e. The Hall–Kier alpha value is -2.83. The van der Waals surface area contributed by atoms with Gasteiger partial charge in [0.1, 0.15) is 5.60 Å². The van der Waals surface area contributed by atoms with Gasteiger partial charge in [0, 0.05) is 37.9 Å². The topological polar surface area (TPSA) is 76.5 Å². The summed E-state index contributed by atoms with van der Waals surface area (Å²) < 4.78 is 7.28. The molecule has 7 heteroatoms. The van der Waals surface area contributed by atoms with Crippen molar-refractivity contribution in [3.63, 3.8) is 0 Å². The first-order valence-corrected chi connectivity index (χ1v) is 10.1. The fourth-order valence-electron chi connectivity index (χ4n) is 3.43. The molecule has 1 aliphatic rings. The second kappa shape index (κ2) is 9.11. The highest BCUT2D eigenvalue weighted by atomic mass is 16.6. The Morgan fingerprint density at radius 3 is 2.45 bits per heavy atom. The second-order valence-corrected chi connectivity index (χ2v) is 8.43. The van der Waals surface area contributed by atoms with Gasteiger partial charge in [0.2, 0.25) is 5.91 Å². The van der Waals surface area contributed by atoms with E-state index in [1.54, 1.807) is 11.1 Å². The van der Waals surface area contributed by atoms with E-state index in [0.29, 0.717) is 39.0 Å². The van der Waals surface area contributed by atoms with E-state index < -0.39 is 5.60 Å². The number of carbonyl (C=O) groups excluding carboxylic acids is 2. The molecule has 1 N–H and O–H groups in total. The van der Waals surface area contributed by atoms with Crippen molar-refractivity contribution in [1.82, 2.24) is 20.0 Å². The summed E-state index contributed by atoms with van der Waals surface area (Å²) in [5, 5.41) is 7.32. The first-order valence-electron chi connectivity index (χ1n) is 10.1. The summed E-state index contributed by atoms with van der Waals surface area (Å²) in [4.78, 5) is 26.5. The van der Waals surface area contributed by atoms with Gasteiger partial charge in [0.25, 0.3) is 0 Å². The molecule has 2 aromatic rings. The van der Waals surface area contributed by atoms with Gasteiger partial charge in [-0.15, -0.1) is 0 Å². The Kier molecular flexibility index (Phi) is 6.56. The molecule has 0 radical (unpaired) electrons. The average molecular weight is 399 g/mol. The van der Waals surface area contributed by atoms with E-state index in [0.717, 1.165) is 11.1 Å². The van der Waals surface area contributed by atoms with Crippen molar-refractivity contribution in [3.8, 4) is 0 Å². The highest BCUT2D eigenvalue weighted by Crippen LogP contribution is 2.20. The van der Waals surface area contributed by atoms with Gasteiger partial charge in [0.05, 0.1) is 6.54 Å². The van der Waals surface area contributed by atoms with Crippen LogP contribution in [0, 0.1) is 5.92 Å². The van der Waals surface area contributed by atoms with E-state index in [1.165, 1.54) is 0 Å². The molecule has 3 rings (SSSR count). The number of hydrogen-bond donors (Lipinski definition) is 1. The number of ether oxygens (including phenoxy) is 1. The molecule has 1 aliphatic heterocycles. The van der Waals surface area contributed by atoms with Gasteiger partial charge < -0.3 is 15.0 Å². The minimum Gasteiger partial charge on any atom is -0.444 e. The molecule has 0 spiro atoms. The van der Waals surface area contributed by atoms with Gasteiger partial charge in [0.15, 0.2) is 0 Å². The van der Waals surface area contributed by atoms with Gasteiger partial charge in [-0.2, -0.15) is 5.10 Å². The van der Waals surface area contributed by atoms with E-state index in [9.17, 15) is 9.59 Å². The first-order chi connectivity index (χ1) is 13.8. The highest BCUT2D eigenvalue weighted by molar-refractivity contribution is 5.79. The van der Waals surface area contributed by atoms with E-state index in [-0.39, 0.29) is 17.9 Å². The maximum atomic E-state index is 12.6. The van der Waals surface area contributed by atoms with E-state index in [2.05, 4.69) is 16.5 Å². The molecule has 1 aromatic heterocycles. The Morgan fingerprint density at radius 1 is 1.14 bits per heavy atom. The molecule has 29 heavy (non-hydrogen) atoms. The molecule has 1 fully saturated rings. The Balaban J connectivity index is 1.49. The molecule has 0 bridgehead atoms. The van der Waals surface area contributed by atoms with Crippen LogP contribution in [-0.4, -0.2) is 45.4 Å². The largest absolute Gasteiger partial charge is 0.444 e. The standard InChI is InChI=1S/C22H30N4O3/c1-22(2,3)29-21(28)25-13-9-17(10-14-25)20(27)23-15-18-7-4-5-8-19(18)16-26-12-6-11-24-26/h4-8,11-12,17H,9-10,13-16H2,1-3H3,(H,23,27). The minimum absolute atomic E-state index is 0.0442. The summed E-state index contributed by atoms with van der Waals surface area (Å²) in [7, 11) is 0. The van der Waals surface area contributed by atoms with Gasteiger partial charge in [-0.3, -0.25) is 9.48 Å². The summed E-state index contributed by atoms with van der Waals surface area (Å²) in [6.45, 7) is 7.82. The maximum absolute atomic E-state index is 12.6. The Bertz CT molecular complexity index is 819. The molecule has 7 nitrogen and oxygen atoms in total. The summed E-state index contributed by atoms with van der Waals surface area (Å²) in [6, 6.07) is 9.96. The number of likely N-dealkylation sites (tertiary alicyclic amines) is 1. The fourth-order valence-corrected chi connectivity index (χ4v) is 3.43. The Morgan fingerprint density at radius 2 is 1.83 bits per heavy atom. The van der Waals surface area contributed by atoms with Crippen LogP contribution in [0.25, 0.3) is 0 Å². The zero-order valence-corrected chi connectivity index (χ0v) is 17.4. The van der Waals surface area contributed by atoms with Crippen LogP contribution in [0.3, 0.4) is 0 Å². The quantitative estimate of drug-likeness (QED) is 0.839. The summed E-state index contributed by atoms with van der Waals surface area (Å²) in [5.74, 6) is -0.0327. The highest BCUT2D eigenvalue weighted by Gasteiger charge is 2.29. The van der Waals surface area contributed by atoms with Crippen LogP contribution < -0.4 is 5.32 Å². The number of carbonyl (C=O) groups is 2. The third-order valence-corrected chi connectivity index (χ3v) is 4.98. The molecule has 2 heterocycles. The van der Waals surface area contributed by atoms with Crippen molar-refractivity contribution < 1.29 is 14.3 Å². The molecule has 0 atom stereocenters. The van der Waals surface area contributed by atoms with Crippen molar-refractivity contribution in [3.05, 3.63) is 53.9 Å². The molecule has 2 amide bonds. The SMILES string of the molecule is CC(C)(C)OC(=O)N1CCC(C(=O)NCc2ccccc2Cn2cccn2)CC1. The van der Waals surface area contributed by atoms with E-state index in [4.69, 9.17) is 4.74 Å². The zero-order chi connectivity index (χ0) is 20.9. The number of hydrogen-bond acceptors (Lipinski definition) is 4. The van der Waals surface area contributed by atoms with E-state index in [1.807, 2.05) is 55.9 Å². The number of amides is 2. The monoisotopic (exact) mass is 398 g/mol. The fraction of sp³-hybridized carbons (Fsp3) is 0.500. The normalized spacial score (nSPS) is 15.2. The molecular weight excluding hydrogens is 368 g/mol. The number of aromatic nitrogens is 2.